The van der Waals surface area contributed by atoms with E-state index in [2.05, 4.69) is 13.8 Å². The maximum Gasteiger partial charge on any atom is 0.155 e. The van der Waals surface area contributed by atoms with Gasteiger partial charge in [0.05, 0.1) is 0 Å². The number of fused-ring (bicyclic) bond motifs is 5. The maximum absolute atomic E-state index is 11.9. The predicted octanol–water partition coefficient (Wildman–Crippen LogP) is 5.03. The second-order valence-corrected chi connectivity index (χ2v) is 9.24. The molecule has 3 saturated carbocycles. The molecule has 3 fully saturated rings. The molecule has 2 nitrogen and oxygen atoms in total. The number of ketones is 1. The van der Waals surface area contributed by atoms with Gasteiger partial charge in [-0.05, 0) is 92.1 Å². The van der Waals surface area contributed by atoms with E-state index in [1.165, 1.54) is 36.8 Å². The zero-order valence-corrected chi connectivity index (χ0v) is 15.4. The molecule has 130 valence electrons. The molecular formula is C22H30O2. The van der Waals surface area contributed by atoms with Crippen molar-refractivity contribution in [2.75, 3.05) is 0 Å². The summed E-state index contributed by atoms with van der Waals surface area (Å²) in [5, 5.41) is 0. The lowest BCUT2D eigenvalue weighted by molar-refractivity contribution is -0.117. The van der Waals surface area contributed by atoms with Crippen LogP contribution in [0.5, 0.6) is 0 Å². The van der Waals surface area contributed by atoms with Crippen LogP contribution >= 0.6 is 0 Å². The third-order valence-electron chi connectivity index (χ3n) is 8.40. The fourth-order valence-corrected chi connectivity index (χ4v) is 7.09. The number of carbonyl (C=O) groups excluding carboxylic acids is 2. The number of allylic oxidation sites excluding steroid dienone is 3. The van der Waals surface area contributed by atoms with Crippen LogP contribution in [0.2, 0.25) is 0 Å². The van der Waals surface area contributed by atoms with Gasteiger partial charge in [0.25, 0.3) is 0 Å². The predicted molar refractivity (Wildman–Crippen MR) is 95.5 cm³/mol. The summed E-state index contributed by atoms with van der Waals surface area (Å²) in [5.41, 5.74) is 4.38. The molecule has 24 heavy (non-hydrogen) atoms. The summed E-state index contributed by atoms with van der Waals surface area (Å²) in [6.45, 7) is 6.88. The molecular weight excluding hydrogens is 296 g/mol. The zero-order chi connectivity index (χ0) is 17.1. The van der Waals surface area contributed by atoms with Crippen molar-refractivity contribution < 1.29 is 9.59 Å². The SMILES string of the molecule is C/C(C=O)=C1\CC[C@H]2[C@@H]3CCC4=CC(=O)CC[C@]4(C)[C@H]3CC[C@]12C. The van der Waals surface area contributed by atoms with Crippen LogP contribution in [0.3, 0.4) is 0 Å². The molecule has 0 aromatic heterocycles. The third kappa shape index (κ3) is 2.07. The second-order valence-electron chi connectivity index (χ2n) is 9.24. The van der Waals surface area contributed by atoms with Gasteiger partial charge in [-0.15, -0.1) is 0 Å². The van der Waals surface area contributed by atoms with Crippen molar-refractivity contribution in [1.82, 2.24) is 0 Å². The quantitative estimate of drug-likeness (QED) is 0.500. The lowest BCUT2D eigenvalue weighted by Gasteiger charge is -2.57. The Kier molecular flexibility index (Phi) is 3.67. The Morgan fingerprint density at radius 2 is 1.79 bits per heavy atom. The van der Waals surface area contributed by atoms with E-state index >= 15 is 0 Å². The van der Waals surface area contributed by atoms with Crippen molar-refractivity contribution in [3.63, 3.8) is 0 Å². The molecule has 0 unspecified atom stereocenters. The number of hydrogen-bond donors (Lipinski definition) is 0. The van der Waals surface area contributed by atoms with Crippen molar-refractivity contribution in [2.45, 2.75) is 72.1 Å². The largest absolute Gasteiger partial charge is 0.298 e. The standard InChI is InChI=1S/C22H30O2/c1-14(13-23)18-6-7-19-17-5-4-15-12-16(24)8-10-21(15,2)20(17)9-11-22(18,19)3/h12-13,17,19-20H,4-11H2,1-3H3/b18-14-/t17-,19-,20-,21-,22+/m0/s1. The highest BCUT2D eigenvalue weighted by molar-refractivity contribution is 5.91. The molecule has 0 heterocycles. The molecule has 0 N–H and O–H groups in total. The first-order valence-electron chi connectivity index (χ1n) is 9.79. The van der Waals surface area contributed by atoms with Gasteiger partial charge in [-0.2, -0.15) is 0 Å². The van der Waals surface area contributed by atoms with Crippen LogP contribution in [0, 0.1) is 28.6 Å². The van der Waals surface area contributed by atoms with Crippen molar-refractivity contribution in [3.05, 3.63) is 22.8 Å². The van der Waals surface area contributed by atoms with Gasteiger partial charge in [0.2, 0.25) is 0 Å². The molecule has 4 aliphatic carbocycles. The number of rotatable bonds is 1. The first kappa shape index (κ1) is 16.3. The van der Waals surface area contributed by atoms with Crippen LogP contribution in [0.15, 0.2) is 22.8 Å². The van der Waals surface area contributed by atoms with Crippen LogP contribution in [0.1, 0.15) is 72.1 Å². The van der Waals surface area contributed by atoms with Crippen LogP contribution in [0.4, 0.5) is 0 Å². The van der Waals surface area contributed by atoms with Crippen LogP contribution in [-0.2, 0) is 9.59 Å². The average Bonchev–Trinajstić information content (AvgIpc) is 2.92. The molecule has 0 bridgehead atoms. The van der Waals surface area contributed by atoms with E-state index in [-0.39, 0.29) is 10.8 Å². The Labute approximate surface area is 145 Å². The Balaban J connectivity index is 1.70. The molecule has 4 aliphatic rings. The number of hydrogen-bond acceptors (Lipinski definition) is 2. The fraction of sp³-hybridized carbons (Fsp3) is 0.727. The monoisotopic (exact) mass is 326 g/mol. The molecule has 0 saturated heterocycles. The summed E-state index contributed by atoms with van der Waals surface area (Å²) in [6, 6.07) is 0. The molecule has 4 rings (SSSR count). The van der Waals surface area contributed by atoms with Gasteiger partial charge in [-0.25, -0.2) is 0 Å². The van der Waals surface area contributed by atoms with E-state index in [9.17, 15) is 9.59 Å². The van der Waals surface area contributed by atoms with Crippen molar-refractivity contribution >= 4 is 12.1 Å². The molecule has 0 spiro atoms. The molecule has 5 atom stereocenters. The molecule has 2 heteroatoms. The molecule has 0 radical (unpaired) electrons. The van der Waals surface area contributed by atoms with Crippen molar-refractivity contribution in [1.29, 1.82) is 0 Å². The first-order chi connectivity index (χ1) is 11.4. The summed E-state index contributed by atoms with van der Waals surface area (Å²) < 4.78 is 0. The minimum absolute atomic E-state index is 0.244. The van der Waals surface area contributed by atoms with E-state index in [1.54, 1.807) is 0 Å². The zero-order valence-electron chi connectivity index (χ0n) is 15.4. The lowest BCUT2D eigenvalue weighted by atomic mass is 9.47. The summed E-state index contributed by atoms with van der Waals surface area (Å²) in [4.78, 5) is 23.3. The van der Waals surface area contributed by atoms with Crippen LogP contribution < -0.4 is 0 Å². The van der Waals surface area contributed by atoms with Crippen molar-refractivity contribution in [2.24, 2.45) is 28.6 Å². The average molecular weight is 326 g/mol. The summed E-state index contributed by atoms with van der Waals surface area (Å²) >= 11 is 0. The van der Waals surface area contributed by atoms with E-state index in [0.717, 1.165) is 55.3 Å². The number of aldehydes is 1. The Bertz CT molecular complexity index is 655. The highest BCUT2D eigenvalue weighted by Gasteiger charge is 2.57. The first-order valence-corrected chi connectivity index (χ1v) is 9.79. The summed E-state index contributed by atoms with van der Waals surface area (Å²) in [7, 11) is 0. The Morgan fingerprint density at radius 1 is 1.04 bits per heavy atom. The topological polar surface area (TPSA) is 34.1 Å². The van der Waals surface area contributed by atoms with Crippen molar-refractivity contribution in [3.8, 4) is 0 Å². The highest BCUT2D eigenvalue weighted by Crippen LogP contribution is 2.66. The summed E-state index contributed by atoms with van der Waals surface area (Å²) in [6.07, 6.45) is 12.1. The van der Waals surface area contributed by atoms with Crippen LogP contribution in [0.25, 0.3) is 0 Å². The Hall–Kier alpha value is -1.18. The van der Waals surface area contributed by atoms with Gasteiger partial charge in [0.1, 0.15) is 6.29 Å². The Morgan fingerprint density at radius 3 is 2.54 bits per heavy atom. The van der Waals surface area contributed by atoms with Gasteiger partial charge in [0, 0.05) is 6.42 Å². The highest BCUT2D eigenvalue weighted by atomic mass is 16.1. The smallest absolute Gasteiger partial charge is 0.155 e. The van der Waals surface area contributed by atoms with Gasteiger partial charge >= 0.3 is 0 Å². The minimum atomic E-state index is 0.244. The second kappa shape index (κ2) is 5.41. The van der Waals surface area contributed by atoms with E-state index < -0.39 is 0 Å². The van der Waals surface area contributed by atoms with Gasteiger partial charge < -0.3 is 0 Å². The molecule has 0 aromatic rings. The van der Waals surface area contributed by atoms with Gasteiger partial charge in [0.15, 0.2) is 5.78 Å². The van der Waals surface area contributed by atoms with Gasteiger partial charge in [-0.1, -0.05) is 25.0 Å². The number of carbonyl (C=O) groups is 2. The fourth-order valence-electron chi connectivity index (χ4n) is 7.09. The normalized spacial score (nSPS) is 46.5. The van der Waals surface area contributed by atoms with E-state index in [1.807, 2.05) is 13.0 Å². The molecule has 0 aliphatic heterocycles. The van der Waals surface area contributed by atoms with E-state index in [4.69, 9.17) is 0 Å². The summed E-state index contributed by atoms with van der Waals surface area (Å²) in [5.74, 6) is 2.59. The minimum Gasteiger partial charge on any atom is -0.298 e. The maximum atomic E-state index is 11.9. The molecule has 0 aromatic carbocycles. The van der Waals surface area contributed by atoms with Crippen LogP contribution in [-0.4, -0.2) is 12.1 Å². The lowest BCUT2D eigenvalue weighted by Crippen LogP contribution is -2.49. The van der Waals surface area contributed by atoms with E-state index in [0.29, 0.717) is 5.78 Å². The molecule has 0 amide bonds. The van der Waals surface area contributed by atoms with Gasteiger partial charge in [-0.3, -0.25) is 9.59 Å². The third-order valence-corrected chi connectivity index (χ3v) is 8.40.